The number of para-hydroxylation sites is 2. The van der Waals surface area contributed by atoms with Crippen molar-refractivity contribution in [2.24, 2.45) is 0 Å². The fraction of sp³-hybridized carbons (Fsp3) is 0.100. The Morgan fingerprint density at radius 2 is 1.19 bits per heavy atom. The number of aryl methyl sites for hydroxylation is 1. The summed E-state index contributed by atoms with van der Waals surface area (Å²) in [5.74, 6) is 0.324. The van der Waals surface area contributed by atoms with Crippen LogP contribution >= 0.6 is 0 Å². The third kappa shape index (κ3) is 6.34. The normalized spacial score (nSPS) is 15.9. The van der Waals surface area contributed by atoms with Crippen molar-refractivity contribution in [3.8, 4) is 22.3 Å². The van der Waals surface area contributed by atoms with E-state index < -0.39 is 0 Å². The Labute approximate surface area is 362 Å². The lowest BCUT2D eigenvalue weighted by molar-refractivity contribution is 0.670. The van der Waals surface area contributed by atoms with E-state index in [0.717, 1.165) is 76.5 Å². The summed E-state index contributed by atoms with van der Waals surface area (Å²) >= 11 is 0. The first-order valence-electron chi connectivity index (χ1n) is 22.1. The van der Waals surface area contributed by atoms with Gasteiger partial charge in [-0.2, -0.15) is 0 Å². The molecular formula is C60H45NO. The van der Waals surface area contributed by atoms with E-state index in [-0.39, 0.29) is 0 Å². The van der Waals surface area contributed by atoms with Gasteiger partial charge in [0, 0.05) is 39.3 Å². The molecule has 3 aliphatic carbocycles. The summed E-state index contributed by atoms with van der Waals surface area (Å²) in [6.45, 7) is 0. The van der Waals surface area contributed by atoms with E-state index in [1.165, 1.54) is 66.2 Å². The molecule has 0 spiro atoms. The predicted molar refractivity (Wildman–Crippen MR) is 263 cm³/mol. The lowest BCUT2D eigenvalue weighted by Crippen LogP contribution is -2.17. The van der Waals surface area contributed by atoms with Crippen LogP contribution in [0.2, 0.25) is 0 Å². The zero-order valence-corrected chi connectivity index (χ0v) is 34.6. The van der Waals surface area contributed by atoms with Gasteiger partial charge in [0.2, 0.25) is 0 Å². The molecule has 1 heterocycles. The van der Waals surface area contributed by atoms with Crippen LogP contribution in [0.25, 0.3) is 77.4 Å². The van der Waals surface area contributed by atoms with Crippen molar-refractivity contribution in [3.05, 3.63) is 228 Å². The molecule has 0 bridgehead atoms. The highest BCUT2D eigenvalue weighted by atomic mass is 16.3. The van der Waals surface area contributed by atoms with Gasteiger partial charge in [0.25, 0.3) is 0 Å². The monoisotopic (exact) mass is 795 g/mol. The molecule has 2 nitrogen and oxygen atoms in total. The number of allylic oxidation sites excluding steroid dienone is 8. The molecule has 9 aromatic rings. The first-order chi connectivity index (χ1) is 30.7. The Morgan fingerprint density at radius 1 is 0.484 bits per heavy atom. The van der Waals surface area contributed by atoms with Crippen LogP contribution < -0.4 is 4.90 Å². The molecule has 0 radical (unpaired) electrons. The molecule has 2 heteroatoms. The molecule has 3 aliphatic rings. The van der Waals surface area contributed by atoms with Crippen molar-refractivity contribution >= 4 is 66.5 Å². The van der Waals surface area contributed by atoms with E-state index in [1.54, 1.807) is 0 Å². The Balaban J connectivity index is 0.896. The molecule has 0 amide bonds. The van der Waals surface area contributed by atoms with Gasteiger partial charge < -0.3 is 9.32 Å². The summed E-state index contributed by atoms with van der Waals surface area (Å²) in [5, 5.41) is 7.66. The number of fused-ring (bicyclic) bond motifs is 9. The molecule has 62 heavy (non-hydrogen) atoms. The Hall–Kier alpha value is -7.42. The molecular weight excluding hydrogens is 751 g/mol. The molecule has 0 N–H and O–H groups in total. The summed E-state index contributed by atoms with van der Waals surface area (Å²) in [5.41, 5.74) is 16.8. The zero-order valence-electron chi connectivity index (χ0n) is 34.6. The van der Waals surface area contributed by atoms with E-state index in [0.29, 0.717) is 5.92 Å². The second-order valence-electron chi connectivity index (χ2n) is 16.9. The highest BCUT2D eigenvalue weighted by Gasteiger charge is 2.21. The summed E-state index contributed by atoms with van der Waals surface area (Å²) in [6.07, 6.45) is 24.0. The second-order valence-corrected chi connectivity index (χ2v) is 16.9. The quantitative estimate of drug-likeness (QED) is 0.149. The number of nitrogens with zero attached hydrogens (tertiary/aromatic N) is 1. The van der Waals surface area contributed by atoms with Crippen LogP contribution in [0.4, 0.5) is 11.4 Å². The SMILES string of the molecule is C1=CC(c2ccc(C3C=CC(N(c4ccc(-c5ccc6c7c(c8ccccc8c6c5)C=CCC7)cc4)c4ccc(-c5cccc6c5oc5ccccc56)cc4)=CC3)cc2)=CCC1. The van der Waals surface area contributed by atoms with Crippen molar-refractivity contribution in [3.63, 3.8) is 0 Å². The zero-order chi connectivity index (χ0) is 41.0. The van der Waals surface area contributed by atoms with Crippen LogP contribution in [0.1, 0.15) is 53.9 Å². The smallest absolute Gasteiger partial charge is 0.143 e. The van der Waals surface area contributed by atoms with Gasteiger partial charge in [-0.3, -0.25) is 0 Å². The number of anilines is 2. The maximum Gasteiger partial charge on any atom is 0.143 e. The summed E-state index contributed by atoms with van der Waals surface area (Å²) in [7, 11) is 0. The molecule has 0 saturated heterocycles. The van der Waals surface area contributed by atoms with Gasteiger partial charge in [-0.1, -0.05) is 164 Å². The average Bonchev–Trinajstić information content (AvgIpc) is 3.74. The van der Waals surface area contributed by atoms with E-state index in [4.69, 9.17) is 4.42 Å². The summed E-state index contributed by atoms with van der Waals surface area (Å²) in [6, 6.07) is 58.1. The first-order valence-corrected chi connectivity index (χ1v) is 22.1. The summed E-state index contributed by atoms with van der Waals surface area (Å²) < 4.78 is 6.44. The molecule has 1 aromatic heterocycles. The van der Waals surface area contributed by atoms with E-state index in [2.05, 4.69) is 205 Å². The topological polar surface area (TPSA) is 16.4 Å². The van der Waals surface area contributed by atoms with Gasteiger partial charge in [-0.05, 0) is 141 Å². The van der Waals surface area contributed by atoms with Gasteiger partial charge in [0.05, 0.1) is 0 Å². The van der Waals surface area contributed by atoms with Gasteiger partial charge in [-0.25, -0.2) is 0 Å². The molecule has 0 aliphatic heterocycles. The van der Waals surface area contributed by atoms with Gasteiger partial charge in [0.15, 0.2) is 0 Å². The van der Waals surface area contributed by atoms with Gasteiger partial charge in [-0.15, -0.1) is 0 Å². The number of hydrogen-bond acceptors (Lipinski definition) is 2. The van der Waals surface area contributed by atoms with Crippen LogP contribution in [0.3, 0.4) is 0 Å². The minimum Gasteiger partial charge on any atom is -0.455 e. The summed E-state index contributed by atoms with van der Waals surface area (Å²) in [4.78, 5) is 2.40. The first kappa shape index (κ1) is 36.4. The molecule has 296 valence electrons. The van der Waals surface area contributed by atoms with Crippen LogP contribution in [0.5, 0.6) is 0 Å². The third-order valence-corrected chi connectivity index (χ3v) is 13.3. The van der Waals surface area contributed by atoms with Crippen molar-refractivity contribution < 1.29 is 4.42 Å². The minimum absolute atomic E-state index is 0.324. The number of hydrogen-bond donors (Lipinski definition) is 0. The molecule has 1 atom stereocenters. The molecule has 8 aromatic carbocycles. The molecule has 0 saturated carbocycles. The largest absolute Gasteiger partial charge is 0.455 e. The molecule has 1 unspecified atom stereocenters. The van der Waals surface area contributed by atoms with Gasteiger partial charge >= 0.3 is 0 Å². The van der Waals surface area contributed by atoms with Crippen LogP contribution in [-0.2, 0) is 6.42 Å². The van der Waals surface area contributed by atoms with Gasteiger partial charge in [0.1, 0.15) is 11.2 Å². The number of benzene rings is 8. The fourth-order valence-corrected chi connectivity index (χ4v) is 10.1. The average molecular weight is 796 g/mol. The van der Waals surface area contributed by atoms with Crippen LogP contribution in [0, 0.1) is 0 Å². The molecule has 0 fully saturated rings. The van der Waals surface area contributed by atoms with Crippen molar-refractivity contribution in [1.29, 1.82) is 0 Å². The lowest BCUT2D eigenvalue weighted by Gasteiger charge is -2.29. The standard InChI is InChI=1S/C60H45NO/c1-2-11-40(12-3-1)41-21-23-42(24-22-41)43-25-32-47(33-26-43)61(49-36-29-45(30-37-49)50-18-10-19-57-56-17-8-9-20-59(56)62-60(50)57)48-34-27-44(28-35-48)46-31-38-55-53-15-5-4-13-51(53)52-14-6-7-16-54(52)58(55)39-46/h2,4,6-14,16-25,27-39,43H,1,3,5,15,26H2. The third-order valence-electron chi connectivity index (χ3n) is 13.3. The van der Waals surface area contributed by atoms with Crippen molar-refractivity contribution in [1.82, 2.24) is 0 Å². The number of furan rings is 1. The second kappa shape index (κ2) is 15.2. The lowest BCUT2D eigenvalue weighted by atomic mass is 9.86. The highest BCUT2D eigenvalue weighted by molar-refractivity contribution is 6.14. The fourth-order valence-electron chi connectivity index (χ4n) is 10.1. The van der Waals surface area contributed by atoms with E-state index in [1.807, 2.05) is 6.07 Å². The minimum atomic E-state index is 0.324. The Morgan fingerprint density at radius 3 is 1.97 bits per heavy atom. The van der Waals surface area contributed by atoms with Crippen molar-refractivity contribution in [2.45, 2.75) is 38.0 Å². The Kier molecular flexibility index (Phi) is 8.96. The number of rotatable bonds is 7. The predicted octanol–water partition coefficient (Wildman–Crippen LogP) is 16.7. The van der Waals surface area contributed by atoms with Crippen LogP contribution in [0.15, 0.2) is 210 Å². The van der Waals surface area contributed by atoms with Crippen molar-refractivity contribution in [2.75, 3.05) is 4.90 Å². The maximum absolute atomic E-state index is 6.44. The molecule has 12 rings (SSSR count). The van der Waals surface area contributed by atoms with Crippen LogP contribution in [-0.4, -0.2) is 0 Å². The highest BCUT2D eigenvalue weighted by Crippen LogP contribution is 2.42. The van der Waals surface area contributed by atoms with E-state index in [9.17, 15) is 0 Å². The maximum atomic E-state index is 6.44. The van der Waals surface area contributed by atoms with E-state index >= 15 is 0 Å². The Bertz CT molecular complexity index is 3350.